The van der Waals surface area contributed by atoms with Crippen LogP contribution in [0.1, 0.15) is 6.42 Å². The van der Waals surface area contributed by atoms with Gasteiger partial charge in [0, 0.05) is 31.7 Å². The van der Waals surface area contributed by atoms with Gasteiger partial charge in [-0.1, -0.05) is 0 Å². The highest BCUT2D eigenvalue weighted by Crippen LogP contribution is 2.33. The van der Waals surface area contributed by atoms with Gasteiger partial charge in [0.2, 0.25) is 0 Å². The van der Waals surface area contributed by atoms with Crippen LogP contribution in [-0.2, 0) is 0 Å². The summed E-state index contributed by atoms with van der Waals surface area (Å²) in [5.74, 6) is -0.349. The highest BCUT2D eigenvalue weighted by Gasteiger charge is 2.38. The third-order valence-electron chi connectivity index (χ3n) is 3.66. The monoisotopic (exact) mass is 224 g/mol. The number of anilines is 1. The van der Waals surface area contributed by atoms with Gasteiger partial charge in [-0.15, -0.1) is 0 Å². The van der Waals surface area contributed by atoms with Gasteiger partial charge < -0.3 is 10.2 Å². The van der Waals surface area contributed by atoms with Crippen LogP contribution in [0.15, 0.2) is 18.2 Å². The van der Waals surface area contributed by atoms with Gasteiger partial charge in [-0.3, -0.25) is 0 Å². The Morgan fingerprint density at radius 1 is 1.25 bits per heavy atom. The van der Waals surface area contributed by atoms with Crippen molar-refractivity contribution < 1.29 is 8.78 Å². The summed E-state index contributed by atoms with van der Waals surface area (Å²) in [6.07, 6.45) is 1.09. The van der Waals surface area contributed by atoms with E-state index in [2.05, 4.69) is 10.2 Å². The molecule has 0 amide bonds. The third-order valence-corrected chi connectivity index (χ3v) is 3.66. The van der Waals surface area contributed by atoms with E-state index in [0.717, 1.165) is 32.1 Å². The van der Waals surface area contributed by atoms with Gasteiger partial charge in [0.1, 0.15) is 11.6 Å². The maximum absolute atomic E-state index is 13.7. The Morgan fingerprint density at radius 2 is 2.12 bits per heavy atom. The number of hydrogen-bond donors (Lipinski definition) is 1. The molecule has 2 aliphatic heterocycles. The van der Waals surface area contributed by atoms with Gasteiger partial charge >= 0.3 is 0 Å². The van der Waals surface area contributed by atoms with E-state index >= 15 is 0 Å². The zero-order valence-corrected chi connectivity index (χ0v) is 8.92. The minimum absolute atomic E-state index is 0.375. The highest BCUT2D eigenvalue weighted by atomic mass is 19.1. The van der Waals surface area contributed by atoms with Crippen molar-refractivity contribution in [1.82, 2.24) is 5.32 Å². The summed E-state index contributed by atoms with van der Waals surface area (Å²) in [5.41, 5.74) is 0.539. The Labute approximate surface area is 93.3 Å². The van der Waals surface area contributed by atoms with Gasteiger partial charge in [0.25, 0.3) is 0 Å². The molecule has 0 aromatic heterocycles. The summed E-state index contributed by atoms with van der Waals surface area (Å²) in [4.78, 5) is 2.07. The molecule has 2 saturated heterocycles. The van der Waals surface area contributed by atoms with Gasteiger partial charge in [0.15, 0.2) is 0 Å². The molecule has 2 atom stereocenters. The summed E-state index contributed by atoms with van der Waals surface area (Å²) in [5, 5.41) is 3.32. The SMILES string of the molecule is Fc1ccc(N2CCC3CNCC32)c(F)c1. The van der Waals surface area contributed by atoms with Crippen molar-refractivity contribution in [2.45, 2.75) is 12.5 Å². The van der Waals surface area contributed by atoms with Crippen molar-refractivity contribution in [3.8, 4) is 0 Å². The lowest BCUT2D eigenvalue weighted by Crippen LogP contribution is -2.34. The fraction of sp³-hybridized carbons (Fsp3) is 0.500. The second-order valence-electron chi connectivity index (χ2n) is 4.56. The maximum atomic E-state index is 13.7. The second-order valence-corrected chi connectivity index (χ2v) is 4.56. The third kappa shape index (κ3) is 1.48. The highest BCUT2D eigenvalue weighted by molar-refractivity contribution is 5.50. The molecule has 2 aliphatic rings. The molecule has 0 saturated carbocycles. The first kappa shape index (κ1) is 10.0. The molecule has 16 heavy (non-hydrogen) atoms. The predicted octanol–water partition coefficient (Wildman–Crippen LogP) is 1.76. The van der Waals surface area contributed by atoms with Crippen molar-refractivity contribution >= 4 is 5.69 Å². The summed E-state index contributed by atoms with van der Waals surface area (Å²) in [7, 11) is 0. The molecule has 86 valence electrons. The van der Waals surface area contributed by atoms with Crippen LogP contribution in [0.25, 0.3) is 0 Å². The molecule has 0 aliphatic carbocycles. The normalized spacial score (nSPS) is 28.5. The Balaban J connectivity index is 1.92. The van der Waals surface area contributed by atoms with E-state index in [-0.39, 0.29) is 0 Å². The number of benzene rings is 1. The van der Waals surface area contributed by atoms with Crippen LogP contribution in [0.2, 0.25) is 0 Å². The standard InChI is InChI=1S/C12H14F2N2/c13-9-1-2-11(10(14)5-9)16-4-3-8-6-15-7-12(8)16/h1-2,5,8,12,15H,3-4,6-7H2. The van der Waals surface area contributed by atoms with Crippen LogP contribution in [-0.4, -0.2) is 25.7 Å². The number of rotatable bonds is 1. The van der Waals surface area contributed by atoms with Crippen molar-refractivity contribution in [1.29, 1.82) is 0 Å². The van der Waals surface area contributed by atoms with E-state index in [1.807, 2.05) is 0 Å². The van der Waals surface area contributed by atoms with Crippen LogP contribution >= 0.6 is 0 Å². The van der Waals surface area contributed by atoms with Gasteiger partial charge in [-0.2, -0.15) is 0 Å². The quantitative estimate of drug-likeness (QED) is 0.782. The molecule has 1 aromatic carbocycles. The van der Waals surface area contributed by atoms with E-state index in [1.165, 1.54) is 6.07 Å². The van der Waals surface area contributed by atoms with Crippen molar-refractivity contribution in [3.05, 3.63) is 29.8 Å². The number of halogens is 2. The number of hydrogen-bond acceptors (Lipinski definition) is 2. The Kier molecular flexibility index (Phi) is 2.32. The largest absolute Gasteiger partial charge is 0.365 e. The fourth-order valence-corrected chi connectivity index (χ4v) is 2.86. The molecule has 1 aromatic rings. The average Bonchev–Trinajstić information content (AvgIpc) is 2.80. The molecule has 4 heteroatoms. The minimum Gasteiger partial charge on any atom is -0.365 e. The molecular formula is C12H14F2N2. The van der Waals surface area contributed by atoms with Crippen LogP contribution < -0.4 is 10.2 Å². The summed E-state index contributed by atoms with van der Waals surface area (Å²) in [6, 6.07) is 4.21. The van der Waals surface area contributed by atoms with E-state index < -0.39 is 11.6 Å². The van der Waals surface area contributed by atoms with Gasteiger partial charge in [0.05, 0.1) is 5.69 Å². The lowest BCUT2D eigenvalue weighted by Gasteiger charge is -2.26. The molecule has 2 fully saturated rings. The summed E-state index contributed by atoms with van der Waals surface area (Å²) >= 11 is 0. The van der Waals surface area contributed by atoms with Crippen molar-refractivity contribution in [2.75, 3.05) is 24.5 Å². The number of fused-ring (bicyclic) bond motifs is 1. The first-order valence-corrected chi connectivity index (χ1v) is 5.68. The fourth-order valence-electron chi connectivity index (χ4n) is 2.86. The number of nitrogens with one attached hydrogen (secondary N) is 1. The van der Waals surface area contributed by atoms with Crippen LogP contribution in [0, 0.1) is 17.6 Å². The van der Waals surface area contributed by atoms with Crippen LogP contribution in [0.5, 0.6) is 0 Å². The van der Waals surface area contributed by atoms with Crippen molar-refractivity contribution in [3.63, 3.8) is 0 Å². The summed E-state index contributed by atoms with van der Waals surface area (Å²) in [6.45, 7) is 2.80. The first-order valence-electron chi connectivity index (χ1n) is 5.68. The van der Waals surface area contributed by atoms with Crippen LogP contribution in [0.3, 0.4) is 0 Å². The van der Waals surface area contributed by atoms with Crippen LogP contribution in [0.4, 0.5) is 14.5 Å². The van der Waals surface area contributed by atoms with Crippen molar-refractivity contribution in [2.24, 2.45) is 5.92 Å². The minimum atomic E-state index is -0.512. The second kappa shape index (κ2) is 3.70. The van der Waals surface area contributed by atoms with E-state index in [0.29, 0.717) is 17.6 Å². The summed E-state index contributed by atoms with van der Waals surface area (Å²) < 4.78 is 26.5. The molecule has 2 heterocycles. The first-order chi connectivity index (χ1) is 7.75. The Hall–Kier alpha value is -1.16. The molecule has 3 rings (SSSR count). The topological polar surface area (TPSA) is 15.3 Å². The molecular weight excluding hydrogens is 210 g/mol. The smallest absolute Gasteiger partial charge is 0.149 e. The molecule has 0 radical (unpaired) electrons. The predicted molar refractivity (Wildman–Crippen MR) is 58.5 cm³/mol. The number of nitrogens with zero attached hydrogens (tertiary/aromatic N) is 1. The molecule has 0 spiro atoms. The van der Waals surface area contributed by atoms with Gasteiger partial charge in [-0.25, -0.2) is 8.78 Å². The van der Waals surface area contributed by atoms with E-state index in [9.17, 15) is 8.78 Å². The maximum Gasteiger partial charge on any atom is 0.149 e. The molecule has 2 unspecified atom stereocenters. The zero-order valence-electron chi connectivity index (χ0n) is 8.92. The Bertz CT molecular complexity index is 408. The molecule has 2 nitrogen and oxygen atoms in total. The average molecular weight is 224 g/mol. The molecule has 1 N–H and O–H groups in total. The zero-order chi connectivity index (χ0) is 11.1. The lowest BCUT2D eigenvalue weighted by molar-refractivity contribution is 0.561. The van der Waals surface area contributed by atoms with E-state index in [1.54, 1.807) is 6.07 Å². The lowest BCUT2D eigenvalue weighted by atomic mass is 10.0. The van der Waals surface area contributed by atoms with Gasteiger partial charge in [-0.05, 0) is 24.5 Å². The van der Waals surface area contributed by atoms with E-state index in [4.69, 9.17) is 0 Å². The Morgan fingerprint density at radius 3 is 2.94 bits per heavy atom. The molecule has 0 bridgehead atoms.